The van der Waals surface area contributed by atoms with Gasteiger partial charge < -0.3 is 19.4 Å². The molecule has 0 aliphatic carbocycles. The topological polar surface area (TPSA) is 56.8 Å². The lowest BCUT2D eigenvalue weighted by Crippen LogP contribution is -2.41. The Kier molecular flexibility index (Phi) is 5.31. The molecule has 0 radical (unpaired) electrons. The Morgan fingerprint density at radius 3 is 2.22 bits per heavy atom. The second-order valence-electron chi connectivity index (χ2n) is 7.72. The van der Waals surface area contributed by atoms with Crippen LogP contribution in [0.2, 0.25) is 0 Å². The molecule has 2 aromatic carbocycles. The highest BCUT2D eigenvalue weighted by atomic mass is 16.7. The van der Waals surface area contributed by atoms with Gasteiger partial charge in [0.15, 0.2) is 0 Å². The van der Waals surface area contributed by atoms with Crippen molar-refractivity contribution < 1.29 is 18.8 Å². The zero-order valence-corrected chi connectivity index (χ0v) is 16.5. The third kappa shape index (κ3) is 4.02. The number of rotatable bonds is 5. The number of carbonyl (C=O) groups is 1. The van der Waals surface area contributed by atoms with E-state index in [1.165, 1.54) is 0 Å². The maximum absolute atomic E-state index is 12.8. The molecule has 2 aromatic rings. The van der Waals surface area contributed by atoms with Gasteiger partial charge in [0.1, 0.15) is 5.75 Å². The molecule has 6 heteroatoms. The normalized spacial score (nSPS) is 18.8. The quantitative estimate of drug-likeness (QED) is 0.817. The lowest BCUT2D eigenvalue weighted by Gasteiger charge is -2.32. The maximum Gasteiger partial charge on any atom is 0.486 e. The van der Waals surface area contributed by atoms with Crippen LogP contribution >= 0.6 is 0 Å². The third-order valence-electron chi connectivity index (χ3n) is 5.32. The van der Waals surface area contributed by atoms with Crippen LogP contribution in [0.1, 0.15) is 49.6 Å². The summed E-state index contributed by atoms with van der Waals surface area (Å²) in [6.45, 7) is 7.98. The predicted octanol–water partition coefficient (Wildman–Crippen LogP) is 3.80. The van der Waals surface area contributed by atoms with Crippen molar-refractivity contribution in [3.05, 3.63) is 65.7 Å². The molecule has 1 saturated heterocycles. The van der Waals surface area contributed by atoms with Crippen molar-refractivity contribution in [1.29, 1.82) is 0 Å². The van der Waals surface area contributed by atoms with E-state index < -0.39 is 24.3 Å². The lowest BCUT2D eigenvalue weighted by molar-refractivity contribution is 0.00578. The summed E-state index contributed by atoms with van der Waals surface area (Å²) in [6, 6.07) is 16.7. The molecule has 3 rings (SSSR count). The summed E-state index contributed by atoms with van der Waals surface area (Å²) in [4.78, 5) is 12.8. The second-order valence-corrected chi connectivity index (χ2v) is 7.72. The Hall–Kier alpha value is -2.31. The first-order chi connectivity index (χ1) is 12.7. The van der Waals surface area contributed by atoms with Gasteiger partial charge in [-0.25, -0.2) is 0 Å². The Morgan fingerprint density at radius 1 is 1.00 bits per heavy atom. The third-order valence-corrected chi connectivity index (χ3v) is 5.32. The molecule has 1 aliphatic rings. The summed E-state index contributed by atoms with van der Waals surface area (Å²) in [5.41, 5.74) is 0.456. The highest BCUT2D eigenvalue weighted by Crippen LogP contribution is 2.40. The van der Waals surface area contributed by atoms with Crippen molar-refractivity contribution in [3.63, 3.8) is 0 Å². The Morgan fingerprint density at radius 2 is 1.63 bits per heavy atom. The maximum atomic E-state index is 12.8. The molecular formula is C21H26BNO4. The number of nitrogens with one attached hydrogen (secondary N) is 1. The standard InChI is InChI=1S/C21H26BNO4/c1-20(2)21(3,4)27-22(26-20)18(16-12-9-13-17(14-16)25-5)23-19(24)15-10-7-6-8-11-15/h6-14,18H,1-5H3,(H,23,24)/t18-/m0/s1. The van der Waals surface area contributed by atoms with Crippen LogP contribution in [0.4, 0.5) is 0 Å². The van der Waals surface area contributed by atoms with Gasteiger partial charge in [-0.05, 0) is 57.5 Å². The van der Waals surface area contributed by atoms with E-state index >= 15 is 0 Å². The minimum atomic E-state index is -0.616. The minimum absolute atomic E-state index is 0.182. The molecule has 1 atom stereocenters. The number of methoxy groups -OCH3 is 1. The highest BCUT2D eigenvalue weighted by Gasteiger charge is 2.54. The fourth-order valence-electron chi connectivity index (χ4n) is 2.98. The number of hydrogen-bond donors (Lipinski definition) is 1. The molecule has 0 aromatic heterocycles. The first-order valence-corrected chi connectivity index (χ1v) is 9.09. The lowest BCUT2D eigenvalue weighted by atomic mass is 9.74. The Bertz CT molecular complexity index is 791. The van der Waals surface area contributed by atoms with Gasteiger partial charge in [0.25, 0.3) is 5.91 Å². The van der Waals surface area contributed by atoms with Gasteiger partial charge in [-0.15, -0.1) is 0 Å². The minimum Gasteiger partial charge on any atom is -0.497 e. The van der Waals surface area contributed by atoms with Gasteiger partial charge in [-0.3, -0.25) is 4.79 Å². The van der Waals surface area contributed by atoms with E-state index in [0.717, 1.165) is 5.56 Å². The number of amides is 1. The molecule has 0 saturated carbocycles. The SMILES string of the molecule is COc1cccc([C@H](NC(=O)c2ccccc2)B2OC(C)(C)C(C)(C)O2)c1. The molecule has 1 heterocycles. The van der Waals surface area contributed by atoms with E-state index in [9.17, 15) is 4.79 Å². The monoisotopic (exact) mass is 367 g/mol. The van der Waals surface area contributed by atoms with Crippen molar-refractivity contribution >= 4 is 13.0 Å². The largest absolute Gasteiger partial charge is 0.497 e. The fraction of sp³-hybridized carbons (Fsp3) is 0.381. The molecule has 0 bridgehead atoms. The van der Waals surface area contributed by atoms with E-state index in [2.05, 4.69) is 5.32 Å². The van der Waals surface area contributed by atoms with Gasteiger partial charge in [0.2, 0.25) is 0 Å². The van der Waals surface area contributed by atoms with E-state index in [1.54, 1.807) is 19.2 Å². The zero-order valence-electron chi connectivity index (χ0n) is 16.5. The average molecular weight is 367 g/mol. The molecule has 1 N–H and O–H groups in total. The molecule has 1 fully saturated rings. The summed E-state index contributed by atoms with van der Waals surface area (Å²) >= 11 is 0. The van der Waals surface area contributed by atoms with E-state index in [0.29, 0.717) is 11.3 Å². The predicted molar refractivity (Wildman–Crippen MR) is 106 cm³/mol. The fourth-order valence-corrected chi connectivity index (χ4v) is 2.98. The summed E-state index contributed by atoms with van der Waals surface area (Å²) in [7, 11) is 1.00. The van der Waals surface area contributed by atoms with Gasteiger partial charge in [0.05, 0.1) is 24.3 Å². The number of carbonyl (C=O) groups excluding carboxylic acids is 1. The first-order valence-electron chi connectivity index (χ1n) is 9.09. The van der Waals surface area contributed by atoms with Crippen LogP contribution in [0.25, 0.3) is 0 Å². The van der Waals surface area contributed by atoms with Gasteiger partial charge in [0, 0.05) is 5.56 Å². The van der Waals surface area contributed by atoms with Gasteiger partial charge in [-0.2, -0.15) is 0 Å². The van der Waals surface area contributed by atoms with Crippen LogP contribution in [-0.4, -0.2) is 31.3 Å². The molecule has 0 spiro atoms. The first kappa shape index (κ1) is 19.5. The Balaban J connectivity index is 1.93. The molecule has 142 valence electrons. The summed E-state index contributed by atoms with van der Waals surface area (Å²) < 4.78 is 17.8. The van der Waals surface area contributed by atoms with Crippen LogP contribution in [0, 0.1) is 0 Å². The van der Waals surface area contributed by atoms with Gasteiger partial charge in [-0.1, -0.05) is 30.3 Å². The van der Waals surface area contributed by atoms with Crippen molar-refractivity contribution in [2.24, 2.45) is 0 Å². The van der Waals surface area contributed by atoms with Crippen molar-refractivity contribution in [2.45, 2.75) is 44.8 Å². The van der Waals surface area contributed by atoms with Crippen molar-refractivity contribution in [1.82, 2.24) is 5.32 Å². The van der Waals surface area contributed by atoms with Crippen LogP contribution in [-0.2, 0) is 9.31 Å². The average Bonchev–Trinajstić information content (AvgIpc) is 2.87. The summed E-state index contributed by atoms with van der Waals surface area (Å²) in [5.74, 6) is 0.0509. The van der Waals surface area contributed by atoms with E-state index in [-0.39, 0.29) is 5.91 Å². The molecule has 27 heavy (non-hydrogen) atoms. The number of hydrogen-bond acceptors (Lipinski definition) is 4. The van der Waals surface area contributed by atoms with Crippen LogP contribution in [0.15, 0.2) is 54.6 Å². The van der Waals surface area contributed by atoms with Crippen molar-refractivity contribution in [2.75, 3.05) is 7.11 Å². The molecule has 1 aliphatic heterocycles. The number of benzene rings is 2. The Labute approximate surface area is 161 Å². The molecule has 5 nitrogen and oxygen atoms in total. The van der Waals surface area contributed by atoms with Crippen molar-refractivity contribution in [3.8, 4) is 5.75 Å². The van der Waals surface area contributed by atoms with Gasteiger partial charge >= 0.3 is 7.12 Å². The number of ether oxygens (including phenoxy) is 1. The highest BCUT2D eigenvalue weighted by molar-refractivity contribution is 6.48. The molecule has 0 unspecified atom stereocenters. The van der Waals surface area contributed by atoms with Crippen LogP contribution < -0.4 is 10.1 Å². The zero-order chi connectivity index (χ0) is 19.7. The van der Waals surface area contributed by atoms with E-state index in [1.807, 2.05) is 70.2 Å². The molecule has 1 amide bonds. The smallest absolute Gasteiger partial charge is 0.486 e. The van der Waals surface area contributed by atoms with Crippen LogP contribution in [0.3, 0.4) is 0 Å². The van der Waals surface area contributed by atoms with Crippen LogP contribution in [0.5, 0.6) is 5.75 Å². The second kappa shape index (κ2) is 7.37. The summed E-state index contributed by atoms with van der Waals surface area (Å²) in [5, 5.41) is 3.07. The summed E-state index contributed by atoms with van der Waals surface area (Å²) in [6.07, 6.45) is 0. The van der Waals surface area contributed by atoms with E-state index in [4.69, 9.17) is 14.0 Å². The molecular weight excluding hydrogens is 341 g/mol.